The average Bonchev–Trinajstić information content (AvgIpc) is 3.30. The first-order chi connectivity index (χ1) is 12.2. The number of hydrogen-bond acceptors (Lipinski definition) is 7. The standard InChI is InChI=1S/C17H19N5O3/c1-11-14-15(19-10-20-17(14)25-21-11)22-6-2-4-12(9-22)8-18-16(23)13-5-3-7-24-13/h3,5,7,10,12H,2,4,6,8-9H2,1H3,(H,18,23). The van der Waals surface area contributed by atoms with Gasteiger partial charge in [0.15, 0.2) is 5.76 Å². The number of aromatic nitrogens is 3. The molecule has 1 aliphatic rings. The zero-order valence-corrected chi connectivity index (χ0v) is 13.9. The summed E-state index contributed by atoms with van der Waals surface area (Å²) in [7, 11) is 0. The van der Waals surface area contributed by atoms with Crippen molar-refractivity contribution in [1.29, 1.82) is 0 Å². The molecule has 0 radical (unpaired) electrons. The number of piperidine rings is 1. The molecule has 0 aliphatic carbocycles. The molecule has 0 aromatic carbocycles. The first kappa shape index (κ1) is 15.6. The van der Waals surface area contributed by atoms with Crippen LogP contribution in [0.2, 0.25) is 0 Å². The minimum absolute atomic E-state index is 0.179. The second kappa shape index (κ2) is 6.54. The summed E-state index contributed by atoms with van der Waals surface area (Å²) in [5.41, 5.74) is 1.30. The largest absolute Gasteiger partial charge is 0.459 e. The maximum atomic E-state index is 12.0. The summed E-state index contributed by atoms with van der Waals surface area (Å²) in [6.07, 6.45) is 5.10. The molecule has 4 rings (SSSR count). The fourth-order valence-corrected chi connectivity index (χ4v) is 3.30. The van der Waals surface area contributed by atoms with Gasteiger partial charge in [0.25, 0.3) is 11.6 Å². The maximum absolute atomic E-state index is 12.0. The van der Waals surface area contributed by atoms with Crippen LogP contribution in [0, 0.1) is 12.8 Å². The molecule has 3 aromatic heterocycles. The monoisotopic (exact) mass is 341 g/mol. The van der Waals surface area contributed by atoms with Crippen molar-refractivity contribution in [3.63, 3.8) is 0 Å². The summed E-state index contributed by atoms with van der Waals surface area (Å²) in [6.45, 7) is 4.23. The number of hydrogen-bond donors (Lipinski definition) is 1. The van der Waals surface area contributed by atoms with Crippen molar-refractivity contribution in [2.75, 3.05) is 24.5 Å². The molecule has 3 aromatic rings. The van der Waals surface area contributed by atoms with E-state index in [0.717, 1.165) is 42.8 Å². The second-order valence-corrected chi connectivity index (χ2v) is 6.29. The van der Waals surface area contributed by atoms with Crippen molar-refractivity contribution in [3.05, 3.63) is 36.2 Å². The van der Waals surface area contributed by atoms with Crippen molar-refractivity contribution in [1.82, 2.24) is 20.4 Å². The van der Waals surface area contributed by atoms with Gasteiger partial charge in [0.05, 0.1) is 12.0 Å². The molecule has 8 heteroatoms. The Hall–Kier alpha value is -2.90. The van der Waals surface area contributed by atoms with Crippen molar-refractivity contribution in [2.24, 2.45) is 5.92 Å². The lowest BCUT2D eigenvalue weighted by Gasteiger charge is -2.33. The number of nitrogens with one attached hydrogen (secondary N) is 1. The number of carbonyl (C=O) groups is 1. The van der Waals surface area contributed by atoms with E-state index in [0.29, 0.717) is 23.9 Å². The SMILES string of the molecule is Cc1noc2ncnc(N3CCCC(CNC(=O)c4ccco4)C3)c12. The summed E-state index contributed by atoms with van der Waals surface area (Å²) in [5.74, 6) is 1.36. The zero-order chi connectivity index (χ0) is 17.2. The normalized spacial score (nSPS) is 17.8. The van der Waals surface area contributed by atoms with Gasteiger partial charge in [-0.05, 0) is 37.8 Å². The van der Waals surface area contributed by atoms with Crippen LogP contribution in [0.5, 0.6) is 0 Å². The van der Waals surface area contributed by atoms with Gasteiger partial charge in [0.1, 0.15) is 17.5 Å². The van der Waals surface area contributed by atoms with E-state index in [-0.39, 0.29) is 5.91 Å². The summed E-state index contributed by atoms with van der Waals surface area (Å²) in [6, 6.07) is 3.37. The third-order valence-corrected chi connectivity index (χ3v) is 4.54. The molecule has 1 amide bonds. The Morgan fingerprint density at radius 3 is 3.20 bits per heavy atom. The van der Waals surface area contributed by atoms with Crippen LogP contribution >= 0.6 is 0 Å². The predicted octanol–water partition coefficient (Wildman–Crippen LogP) is 2.17. The molecule has 8 nitrogen and oxygen atoms in total. The van der Waals surface area contributed by atoms with Crippen LogP contribution in [-0.2, 0) is 0 Å². The van der Waals surface area contributed by atoms with E-state index in [1.807, 2.05) is 6.92 Å². The zero-order valence-electron chi connectivity index (χ0n) is 13.9. The Labute approximate surface area is 144 Å². The van der Waals surface area contributed by atoms with Gasteiger partial charge in [-0.3, -0.25) is 4.79 Å². The molecule has 1 saturated heterocycles. The smallest absolute Gasteiger partial charge is 0.286 e. The van der Waals surface area contributed by atoms with Crippen LogP contribution in [0.25, 0.3) is 11.1 Å². The molecule has 4 heterocycles. The molecule has 1 fully saturated rings. The summed E-state index contributed by atoms with van der Waals surface area (Å²) >= 11 is 0. The van der Waals surface area contributed by atoms with E-state index in [2.05, 4.69) is 25.3 Å². The molecular formula is C17H19N5O3. The van der Waals surface area contributed by atoms with E-state index in [1.54, 1.807) is 12.1 Å². The Morgan fingerprint density at radius 2 is 2.36 bits per heavy atom. The minimum atomic E-state index is -0.179. The molecule has 25 heavy (non-hydrogen) atoms. The maximum Gasteiger partial charge on any atom is 0.286 e. The summed E-state index contributed by atoms with van der Waals surface area (Å²) in [5, 5.41) is 7.80. The van der Waals surface area contributed by atoms with E-state index < -0.39 is 0 Å². The number of amides is 1. The number of carbonyl (C=O) groups excluding carboxylic acids is 1. The van der Waals surface area contributed by atoms with Gasteiger partial charge >= 0.3 is 0 Å². The van der Waals surface area contributed by atoms with Crippen LogP contribution in [0.15, 0.2) is 33.7 Å². The molecule has 1 atom stereocenters. The van der Waals surface area contributed by atoms with Gasteiger partial charge < -0.3 is 19.2 Å². The fourth-order valence-electron chi connectivity index (χ4n) is 3.30. The van der Waals surface area contributed by atoms with E-state index in [9.17, 15) is 4.79 Å². The summed E-state index contributed by atoms with van der Waals surface area (Å²) in [4.78, 5) is 22.8. The number of furan rings is 1. The van der Waals surface area contributed by atoms with Crippen molar-refractivity contribution in [3.8, 4) is 0 Å². The summed E-state index contributed by atoms with van der Waals surface area (Å²) < 4.78 is 10.4. The van der Waals surface area contributed by atoms with Crippen molar-refractivity contribution < 1.29 is 13.7 Å². The molecule has 0 saturated carbocycles. The highest BCUT2D eigenvalue weighted by molar-refractivity contribution is 5.91. The quantitative estimate of drug-likeness (QED) is 0.776. The third kappa shape index (κ3) is 3.07. The minimum Gasteiger partial charge on any atom is -0.459 e. The number of anilines is 1. The highest BCUT2D eigenvalue weighted by Crippen LogP contribution is 2.29. The lowest BCUT2D eigenvalue weighted by atomic mass is 9.97. The average molecular weight is 341 g/mol. The highest BCUT2D eigenvalue weighted by atomic mass is 16.5. The lowest BCUT2D eigenvalue weighted by Crippen LogP contribution is -2.41. The Kier molecular flexibility index (Phi) is 4.09. The molecule has 1 unspecified atom stereocenters. The van der Waals surface area contributed by atoms with Gasteiger partial charge in [0.2, 0.25) is 0 Å². The number of rotatable bonds is 4. The molecule has 0 spiro atoms. The van der Waals surface area contributed by atoms with Crippen molar-refractivity contribution >= 4 is 22.8 Å². The molecule has 1 N–H and O–H groups in total. The Bertz CT molecular complexity index is 874. The van der Waals surface area contributed by atoms with Crippen LogP contribution in [0.4, 0.5) is 5.82 Å². The first-order valence-corrected chi connectivity index (χ1v) is 8.36. The molecule has 130 valence electrons. The van der Waals surface area contributed by atoms with Crippen LogP contribution in [0.3, 0.4) is 0 Å². The molecule has 0 bridgehead atoms. The van der Waals surface area contributed by atoms with Crippen molar-refractivity contribution in [2.45, 2.75) is 19.8 Å². The van der Waals surface area contributed by atoms with E-state index >= 15 is 0 Å². The first-order valence-electron chi connectivity index (χ1n) is 8.36. The lowest BCUT2D eigenvalue weighted by molar-refractivity contribution is 0.0918. The third-order valence-electron chi connectivity index (χ3n) is 4.54. The molecule has 1 aliphatic heterocycles. The Morgan fingerprint density at radius 1 is 1.44 bits per heavy atom. The number of aryl methyl sites for hydroxylation is 1. The van der Waals surface area contributed by atoms with E-state index in [4.69, 9.17) is 8.94 Å². The van der Waals surface area contributed by atoms with Crippen LogP contribution in [-0.4, -0.2) is 40.7 Å². The van der Waals surface area contributed by atoms with Crippen LogP contribution in [0.1, 0.15) is 29.1 Å². The van der Waals surface area contributed by atoms with Gasteiger partial charge in [-0.1, -0.05) is 5.16 Å². The molecular weight excluding hydrogens is 322 g/mol. The Balaban J connectivity index is 1.45. The van der Waals surface area contributed by atoms with Gasteiger partial charge in [-0.2, -0.15) is 4.98 Å². The van der Waals surface area contributed by atoms with Gasteiger partial charge in [0, 0.05) is 19.6 Å². The van der Waals surface area contributed by atoms with Crippen LogP contribution < -0.4 is 10.2 Å². The number of fused-ring (bicyclic) bond motifs is 1. The van der Waals surface area contributed by atoms with Gasteiger partial charge in [-0.25, -0.2) is 4.98 Å². The van der Waals surface area contributed by atoms with E-state index in [1.165, 1.54) is 12.6 Å². The second-order valence-electron chi connectivity index (χ2n) is 6.29. The van der Waals surface area contributed by atoms with Gasteiger partial charge in [-0.15, -0.1) is 0 Å². The topological polar surface area (TPSA) is 97.3 Å². The fraction of sp³-hybridized carbons (Fsp3) is 0.412. The predicted molar refractivity (Wildman–Crippen MR) is 90.3 cm³/mol. The number of nitrogens with zero attached hydrogens (tertiary/aromatic N) is 4. The highest BCUT2D eigenvalue weighted by Gasteiger charge is 2.25.